The van der Waals surface area contributed by atoms with E-state index in [1.165, 1.54) is 46.1 Å². The zero-order valence-electron chi connectivity index (χ0n) is 17.1. The van der Waals surface area contributed by atoms with E-state index in [2.05, 4.69) is 45.1 Å². The van der Waals surface area contributed by atoms with Gasteiger partial charge in [-0.2, -0.15) is 5.10 Å². The minimum atomic E-state index is -0.291. The number of aromatic nitrogens is 1. The van der Waals surface area contributed by atoms with Crippen LogP contribution in [-0.2, 0) is 17.8 Å². The lowest BCUT2D eigenvalue weighted by molar-refractivity contribution is -0.123. The Morgan fingerprint density at radius 3 is 2.90 bits per heavy atom. The largest absolute Gasteiger partial charge is 0.342 e. The van der Waals surface area contributed by atoms with Crippen molar-refractivity contribution in [3.63, 3.8) is 0 Å². The molecule has 5 rings (SSSR count). The molecule has 154 valence electrons. The standard InChI is InChI=1S/C24H25FN4O/c1-16-5-10-21-20(13-16)19-3-2-4-22-24(19)29(21)12-11-28(22)15-23(30)27-26-14-17-6-8-18(25)9-7-17/h5-10,13-14,22H,2-4,11-12,15H2,1H3,(H,27,30)/b26-14+. The summed E-state index contributed by atoms with van der Waals surface area (Å²) in [5.41, 5.74) is 8.84. The average Bonchev–Trinajstić information content (AvgIpc) is 3.06. The van der Waals surface area contributed by atoms with Crippen molar-refractivity contribution in [1.82, 2.24) is 14.9 Å². The van der Waals surface area contributed by atoms with Crippen molar-refractivity contribution in [2.45, 2.75) is 38.8 Å². The molecular formula is C24H25FN4O. The van der Waals surface area contributed by atoms with Gasteiger partial charge in [0.1, 0.15) is 5.82 Å². The Morgan fingerprint density at radius 1 is 1.23 bits per heavy atom. The molecule has 1 aliphatic carbocycles. The van der Waals surface area contributed by atoms with Gasteiger partial charge >= 0.3 is 0 Å². The lowest BCUT2D eigenvalue weighted by atomic mass is 9.89. The maximum atomic E-state index is 13.0. The number of hydrogen-bond donors (Lipinski definition) is 1. The third-order valence-corrected chi connectivity index (χ3v) is 6.26. The number of amides is 1. The van der Waals surface area contributed by atoms with E-state index in [1.54, 1.807) is 12.1 Å². The van der Waals surface area contributed by atoms with Crippen LogP contribution in [0.1, 0.15) is 41.3 Å². The zero-order chi connectivity index (χ0) is 20.7. The number of rotatable bonds is 4. The lowest BCUT2D eigenvalue weighted by Gasteiger charge is -2.39. The highest BCUT2D eigenvalue weighted by Crippen LogP contribution is 2.42. The number of carbonyl (C=O) groups excluding carboxylic acids is 1. The summed E-state index contributed by atoms with van der Waals surface area (Å²) in [7, 11) is 0. The van der Waals surface area contributed by atoms with Crippen LogP contribution in [0.15, 0.2) is 47.6 Å². The molecule has 1 atom stereocenters. The monoisotopic (exact) mass is 404 g/mol. The molecule has 1 N–H and O–H groups in total. The Bertz CT molecular complexity index is 1130. The molecule has 0 saturated heterocycles. The Balaban J connectivity index is 1.32. The van der Waals surface area contributed by atoms with Crippen molar-refractivity contribution >= 4 is 23.0 Å². The first-order chi connectivity index (χ1) is 14.6. The van der Waals surface area contributed by atoms with Crippen LogP contribution in [-0.4, -0.2) is 34.7 Å². The summed E-state index contributed by atoms with van der Waals surface area (Å²) < 4.78 is 15.4. The van der Waals surface area contributed by atoms with Crippen LogP contribution in [0.5, 0.6) is 0 Å². The summed E-state index contributed by atoms with van der Waals surface area (Å²) >= 11 is 0. The minimum Gasteiger partial charge on any atom is -0.342 e. The van der Waals surface area contributed by atoms with Gasteiger partial charge in [-0.25, -0.2) is 9.82 Å². The third-order valence-electron chi connectivity index (χ3n) is 6.26. The first-order valence-corrected chi connectivity index (χ1v) is 10.5. The molecule has 1 unspecified atom stereocenters. The second-order valence-corrected chi connectivity index (χ2v) is 8.26. The normalized spacial score (nSPS) is 18.7. The number of halogens is 1. The molecule has 2 aromatic carbocycles. The number of benzene rings is 2. The smallest absolute Gasteiger partial charge is 0.254 e. The Morgan fingerprint density at radius 2 is 2.07 bits per heavy atom. The van der Waals surface area contributed by atoms with Crippen molar-refractivity contribution in [2.75, 3.05) is 13.1 Å². The van der Waals surface area contributed by atoms with E-state index >= 15 is 0 Å². The van der Waals surface area contributed by atoms with Crippen LogP contribution >= 0.6 is 0 Å². The fourth-order valence-electron chi connectivity index (χ4n) is 4.93. The van der Waals surface area contributed by atoms with Crippen molar-refractivity contribution in [1.29, 1.82) is 0 Å². The van der Waals surface area contributed by atoms with Gasteiger partial charge in [0.25, 0.3) is 5.91 Å². The van der Waals surface area contributed by atoms with Gasteiger partial charge in [0, 0.05) is 29.7 Å². The van der Waals surface area contributed by atoms with E-state index in [4.69, 9.17) is 0 Å². The number of aryl methyl sites for hydroxylation is 2. The van der Waals surface area contributed by atoms with Gasteiger partial charge in [0.05, 0.1) is 18.8 Å². The number of nitrogens with one attached hydrogen (secondary N) is 1. The van der Waals surface area contributed by atoms with Crippen molar-refractivity contribution in [3.8, 4) is 0 Å². The molecule has 1 aliphatic heterocycles. The van der Waals surface area contributed by atoms with E-state index in [1.807, 2.05) is 0 Å². The van der Waals surface area contributed by atoms with E-state index in [0.29, 0.717) is 6.54 Å². The fourth-order valence-corrected chi connectivity index (χ4v) is 4.93. The number of fused-ring (bicyclic) bond motifs is 3. The molecule has 1 aromatic heterocycles. The topological polar surface area (TPSA) is 49.6 Å². The SMILES string of the molecule is Cc1ccc2c(c1)c1c3n2CCN(CC(=O)N/N=C/c2ccc(F)cc2)C3CCC1. The van der Waals surface area contributed by atoms with Gasteiger partial charge in [0.2, 0.25) is 0 Å². The van der Waals surface area contributed by atoms with E-state index in [9.17, 15) is 9.18 Å². The molecule has 2 heterocycles. The van der Waals surface area contributed by atoms with Gasteiger partial charge in [-0.3, -0.25) is 9.69 Å². The molecule has 0 bridgehead atoms. The van der Waals surface area contributed by atoms with Gasteiger partial charge in [-0.05, 0) is 61.6 Å². The first kappa shape index (κ1) is 19.0. The second-order valence-electron chi connectivity index (χ2n) is 8.26. The van der Waals surface area contributed by atoms with Gasteiger partial charge in [0.15, 0.2) is 0 Å². The van der Waals surface area contributed by atoms with Gasteiger partial charge in [-0.1, -0.05) is 23.8 Å². The summed E-state index contributed by atoms with van der Waals surface area (Å²) in [6.45, 7) is 4.22. The first-order valence-electron chi connectivity index (χ1n) is 10.5. The zero-order valence-corrected chi connectivity index (χ0v) is 17.1. The molecule has 0 radical (unpaired) electrons. The van der Waals surface area contributed by atoms with Crippen molar-refractivity contribution in [2.24, 2.45) is 5.10 Å². The Kier molecular flexibility index (Phi) is 4.87. The van der Waals surface area contributed by atoms with Gasteiger partial charge < -0.3 is 4.57 Å². The molecular weight excluding hydrogens is 379 g/mol. The van der Waals surface area contributed by atoms with Crippen LogP contribution in [0.25, 0.3) is 10.9 Å². The maximum absolute atomic E-state index is 13.0. The van der Waals surface area contributed by atoms with Crippen LogP contribution in [0.4, 0.5) is 4.39 Å². The number of nitrogens with zero attached hydrogens (tertiary/aromatic N) is 3. The predicted molar refractivity (Wildman–Crippen MR) is 116 cm³/mol. The van der Waals surface area contributed by atoms with E-state index in [-0.39, 0.29) is 17.8 Å². The van der Waals surface area contributed by atoms with E-state index < -0.39 is 0 Å². The number of hydrogen-bond acceptors (Lipinski definition) is 3. The molecule has 5 nitrogen and oxygen atoms in total. The van der Waals surface area contributed by atoms with Crippen LogP contribution < -0.4 is 5.43 Å². The van der Waals surface area contributed by atoms with Crippen LogP contribution in [0.3, 0.4) is 0 Å². The van der Waals surface area contributed by atoms with Crippen molar-refractivity contribution < 1.29 is 9.18 Å². The highest BCUT2D eigenvalue weighted by atomic mass is 19.1. The van der Waals surface area contributed by atoms with E-state index in [0.717, 1.165) is 37.9 Å². The number of hydrazone groups is 1. The highest BCUT2D eigenvalue weighted by Gasteiger charge is 2.35. The summed E-state index contributed by atoms with van der Waals surface area (Å²) in [5.74, 6) is -0.415. The molecule has 1 amide bonds. The molecule has 0 spiro atoms. The van der Waals surface area contributed by atoms with Crippen LogP contribution in [0.2, 0.25) is 0 Å². The van der Waals surface area contributed by atoms with Crippen molar-refractivity contribution in [3.05, 3.63) is 70.7 Å². The number of carbonyl (C=O) groups is 1. The Hall–Kier alpha value is -2.99. The fraction of sp³-hybridized carbons (Fsp3) is 0.333. The second kappa shape index (κ2) is 7.69. The summed E-state index contributed by atoms with van der Waals surface area (Å²) in [4.78, 5) is 14.8. The Labute approximate surface area is 175 Å². The highest BCUT2D eigenvalue weighted by molar-refractivity contribution is 5.87. The summed E-state index contributed by atoms with van der Waals surface area (Å²) in [5, 5.41) is 5.41. The molecule has 0 fully saturated rings. The molecule has 2 aliphatic rings. The molecule has 0 saturated carbocycles. The third kappa shape index (κ3) is 3.41. The molecule has 30 heavy (non-hydrogen) atoms. The quantitative estimate of drug-likeness (QED) is 0.529. The average molecular weight is 404 g/mol. The minimum absolute atomic E-state index is 0.124. The lowest BCUT2D eigenvalue weighted by Crippen LogP contribution is -2.44. The maximum Gasteiger partial charge on any atom is 0.254 e. The summed E-state index contributed by atoms with van der Waals surface area (Å²) in [6.07, 6.45) is 4.87. The molecule has 6 heteroatoms. The molecule has 3 aromatic rings. The van der Waals surface area contributed by atoms with Crippen LogP contribution in [0, 0.1) is 12.7 Å². The van der Waals surface area contributed by atoms with Gasteiger partial charge in [-0.15, -0.1) is 0 Å². The predicted octanol–water partition coefficient (Wildman–Crippen LogP) is 3.93. The summed E-state index contributed by atoms with van der Waals surface area (Å²) in [6, 6.07) is 13.0.